The smallest absolute Gasteiger partial charge is 0.308 e. The Kier molecular flexibility index (Phi) is 6.15. The Morgan fingerprint density at radius 3 is 2.17 bits per heavy atom. The van der Waals surface area contributed by atoms with Gasteiger partial charge in [-0.05, 0) is 29.0 Å². The van der Waals surface area contributed by atoms with Crippen molar-refractivity contribution in [2.24, 2.45) is 5.10 Å². The van der Waals surface area contributed by atoms with E-state index < -0.39 is 29.0 Å². The Morgan fingerprint density at radius 2 is 1.57 bits per heavy atom. The highest BCUT2D eigenvalue weighted by Gasteiger charge is 2.37. The summed E-state index contributed by atoms with van der Waals surface area (Å²) < 4.78 is 16.5. The zero-order chi connectivity index (χ0) is 25.3. The van der Waals surface area contributed by atoms with Gasteiger partial charge in [0.05, 0.1) is 16.1 Å². The lowest BCUT2D eigenvalue weighted by Crippen LogP contribution is -2.26. The van der Waals surface area contributed by atoms with Crippen LogP contribution in [0.2, 0.25) is 0 Å². The third-order valence-electron chi connectivity index (χ3n) is 5.02. The fourth-order valence-electron chi connectivity index (χ4n) is 3.59. The molecule has 0 unspecified atom stereocenters. The maximum Gasteiger partial charge on any atom is 0.308 e. The summed E-state index contributed by atoms with van der Waals surface area (Å²) >= 11 is 0. The van der Waals surface area contributed by atoms with Crippen molar-refractivity contribution in [3.05, 3.63) is 75.8 Å². The van der Waals surface area contributed by atoms with E-state index in [0.717, 1.165) is 21.8 Å². The summed E-state index contributed by atoms with van der Waals surface area (Å²) in [6.45, 7) is 3.68. The van der Waals surface area contributed by atoms with E-state index in [0.29, 0.717) is 5.56 Å². The summed E-state index contributed by atoms with van der Waals surface area (Å²) in [6.07, 6.45) is -1.16. The lowest BCUT2D eigenvalue weighted by molar-refractivity contribution is -0.384. The SMILES string of the molecule is CC(=O)Oc1ccc([N+](=O)[O-])cc1C1=NN(C(C)=O)[C@@H](c2cc3ccccc3cc2OC(C)=O)O1. The van der Waals surface area contributed by atoms with Crippen LogP contribution in [-0.4, -0.2) is 33.7 Å². The van der Waals surface area contributed by atoms with Crippen LogP contribution in [0, 0.1) is 10.1 Å². The number of hydrogen-bond donors (Lipinski definition) is 0. The molecular formula is C24H19N3O8. The molecule has 11 nitrogen and oxygen atoms in total. The first-order valence-electron chi connectivity index (χ1n) is 10.4. The predicted octanol–water partition coefficient (Wildman–Crippen LogP) is 3.84. The van der Waals surface area contributed by atoms with Gasteiger partial charge in [-0.3, -0.25) is 24.5 Å². The number of esters is 2. The van der Waals surface area contributed by atoms with E-state index in [1.807, 2.05) is 24.3 Å². The highest BCUT2D eigenvalue weighted by Crippen LogP contribution is 2.39. The van der Waals surface area contributed by atoms with Crippen molar-refractivity contribution in [1.82, 2.24) is 5.01 Å². The van der Waals surface area contributed by atoms with E-state index in [1.54, 1.807) is 12.1 Å². The monoisotopic (exact) mass is 477 g/mol. The lowest BCUT2D eigenvalue weighted by atomic mass is 10.0. The zero-order valence-electron chi connectivity index (χ0n) is 18.9. The molecule has 0 aromatic heterocycles. The van der Waals surface area contributed by atoms with Crippen molar-refractivity contribution >= 4 is 40.2 Å². The summed E-state index contributed by atoms with van der Waals surface area (Å²) in [5.74, 6) is -1.82. The second kappa shape index (κ2) is 9.21. The van der Waals surface area contributed by atoms with Crippen LogP contribution in [0.3, 0.4) is 0 Å². The standard InChI is InChI=1S/C24H19N3O8/c1-13(28)26-24(20-10-16-6-4-5-7-17(16)11-22(20)34-15(3)30)35-23(25-26)19-12-18(27(31)32)8-9-21(19)33-14(2)29/h4-12,24H,1-3H3/t24-/m1/s1. The highest BCUT2D eigenvalue weighted by atomic mass is 16.6. The number of non-ortho nitro benzene ring substituents is 1. The molecule has 1 heterocycles. The molecule has 0 radical (unpaired) electrons. The Morgan fingerprint density at radius 1 is 0.943 bits per heavy atom. The number of nitrogens with zero attached hydrogens (tertiary/aromatic N) is 3. The van der Waals surface area contributed by atoms with Gasteiger partial charge in [0.15, 0.2) is 0 Å². The van der Waals surface area contributed by atoms with E-state index >= 15 is 0 Å². The summed E-state index contributed by atoms with van der Waals surface area (Å²) in [4.78, 5) is 46.6. The summed E-state index contributed by atoms with van der Waals surface area (Å²) in [5.41, 5.74) is 0.0247. The Labute approximate surface area is 198 Å². The molecule has 4 rings (SSSR count). The molecule has 3 aromatic rings. The lowest BCUT2D eigenvalue weighted by Gasteiger charge is -2.22. The molecule has 3 aromatic carbocycles. The first-order valence-corrected chi connectivity index (χ1v) is 10.4. The fraction of sp³-hybridized carbons (Fsp3) is 0.167. The maximum absolute atomic E-state index is 12.5. The largest absolute Gasteiger partial charge is 0.445 e. The van der Waals surface area contributed by atoms with Gasteiger partial charge >= 0.3 is 11.9 Å². The van der Waals surface area contributed by atoms with Crippen LogP contribution >= 0.6 is 0 Å². The number of carbonyl (C=O) groups is 3. The number of rotatable bonds is 5. The van der Waals surface area contributed by atoms with Gasteiger partial charge in [-0.2, -0.15) is 5.01 Å². The normalized spacial score (nSPS) is 14.8. The number of hydrogen-bond acceptors (Lipinski definition) is 9. The topological polar surface area (TPSA) is 138 Å². The van der Waals surface area contributed by atoms with Crippen molar-refractivity contribution in [2.45, 2.75) is 27.0 Å². The average Bonchev–Trinajstić information content (AvgIpc) is 3.23. The number of amides is 1. The number of benzene rings is 3. The number of nitro benzene ring substituents is 1. The summed E-state index contributed by atoms with van der Waals surface area (Å²) in [7, 11) is 0. The third-order valence-corrected chi connectivity index (χ3v) is 5.02. The van der Waals surface area contributed by atoms with Gasteiger partial charge in [-0.1, -0.05) is 24.3 Å². The minimum atomic E-state index is -1.16. The minimum absolute atomic E-state index is 0.00187. The molecule has 1 aliphatic heterocycles. The fourth-order valence-corrected chi connectivity index (χ4v) is 3.59. The molecule has 0 fully saturated rings. The molecule has 0 spiro atoms. The Hall–Kier alpha value is -4.80. The van der Waals surface area contributed by atoms with Crippen LogP contribution in [0.15, 0.2) is 59.7 Å². The van der Waals surface area contributed by atoms with Gasteiger partial charge in [0, 0.05) is 32.9 Å². The van der Waals surface area contributed by atoms with Crippen molar-refractivity contribution in [3.63, 3.8) is 0 Å². The minimum Gasteiger partial charge on any atom is -0.445 e. The summed E-state index contributed by atoms with van der Waals surface area (Å²) in [6, 6.07) is 14.2. The molecular weight excluding hydrogens is 458 g/mol. The molecule has 0 aliphatic carbocycles. The molecule has 35 heavy (non-hydrogen) atoms. The highest BCUT2D eigenvalue weighted by molar-refractivity contribution is 6.00. The van der Waals surface area contributed by atoms with Crippen LogP contribution < -0.4 is 9.47 Å². The van der Waals surface area contributed by atoms with Gasteiger partial charge in [0.1, 0.15) is 11.5 Å². The zero-order valence-corrected chi connectivity index (χ0v) is 18.9. The third kappa shape index (κ3) is 4.78. The Balaban J connectivity index is 1.84. The molecule has 1 amide bonds. The molecule has 178 valence electrons. The van der Waals surface area contributed by atoms with Crippen LogP contribution in [0.1, 0.15) is 38.1 Å². The molecule has 0 saturated heterocycles. The van der Waals surface area contributed by atoms with E-state index in [9.17, 15) is 24.5 Å². The van der Waals surface area contributed by atoms with Crippen molar-refractivity contribution in [2.75, 3.05) is 0 Å². The number of nitro groups is 1. The summed E-state index contributed by atoms with van der Waals surface area (Å²) in [5, 5.41) is 18.1. The van der Waals surface area contributed by atoms with E-state index in [4.69, 9.17) is 14.2 Å². The number of fused-ring (bicyclic) bond motifs is 1. The molecule has 1 aliphatic rings. The molecule has 0 saturated carbocycles. The van der Waals surface area contributed by atoms with Gasteiger partial charge in [-0.25, -0.2) is 0 Å². The first kappa shape index (κ1) is 23.4. The van der Waals surface area contributed by atoms with Gasteiger partial charge in [0.2, 0.25) is 18.0 Å². The van der Waals surface area contributed by atoms with E-state index in [-0.39, 0.29) is 28.6 Å². The average molecular weight is 477 g/mol. The van der Waals surface area contributed by atoms with Crippen LogP contribution in [0.25, 0.3) is 10.8 Å². The van der Waals surface area contributed by atoms with Crippen molar-refractivity contribution in [1.29, 1.82) is 0 Å². The molecule has 0 N–H and O–H groups in total. The number of ether oxygens (including phenoxy) is 3. The van der Waals surface area contributed by atoms with Crippen LogP contribution in [0.5, 0.6) is 11.5 Å². The predicted molar refractivity (Wildman–Crippen MR) is 123 cm³/mol. The van der Waals surface area contributed by atoms with E-state index in [2.05, 4.69) is 5.10 Å². The van der Waals surface area contributed by atoms with Crippen molar-refractivity contribution < 1.29 is 33.5 Å². The van der Waals surface area contributed by atoms with Gasteiger partial charge in [0.25, 0.3) is 5.69 Å². The van der Waals surface area contributed by atoms with Crippen molar-refractivity contribution in [3.8, 4) is 11.5 Å². The number of hydrazone groups is 1. The second-order valence-electron chi connectivity index (χ2n) is 7.60. The van der Waals surface area contributed by atoms with Crippen LogP contribution in [0.4, 0.5) is 5.69 Å². The molecule has 11 heteroatoms. The van der Waals surface area contributed by atoms with Gasteiger partial charge < -0.3 is 14.2 Å². The number of carbonyl (C=O) groups excluding carboxylic acids is 3. The molecule has 1 atom stereocenters. The first-order chi connectivity index (χ1) is 16.6. The van der Waals surface area contributed by atoms with Gasteiger partial charge in [-0.15, -0.1) is 5.10 Å². The second-order valence-corrected chi connectivity index (χ2v) is 7.60. The quantitative estimate of drug-likeness (QED) is 0.234. The maximum atomic E-state index is 12.5. The molecule has 0 bridgehead atoms. The van der Waals surface area contributed by atoms with Crippen LogP contribution in [-0.2, 0) is 19.1 Å². The Bertz CT molecular complexity index is 1420. The van der Waals surface area contributed by atoms with E-state index in [1.165, 1.54) is 32.9 Å².